The Hall–Kier alpha value is -5.48. The average Bonchev–Trinajstić information content (AvgIpc) is 3.02. The first kappa shape index (κ1) is 37.8. The lowest BCUT2D eigenvalue weighted by molar-refractivity contribution is -0.384. The third-order valence-corrected chi connectivity index (χ3v) is 9.90. The van der Waals surface area contributed by atoms with Crippen LogP contribution in [0.15, 0.2) is 47.2 Å². The van der Waals surface area contributed by atoms with Crippen molar-refractivity contribution in [1.82, 2.24) is 9.80 Å². The first-order chi connectivity index (χ1) is 24.1. The minimum absolute atomic E-state index is 0.0523. The van der Waals surface area contributed by atoms with Gasteiger partial charge in [0.1, 0.15) is 22.8 Å². The number of amides is 3. The van der Waals surface area contributed by atoms with Crippen molar-refractivity contribution in [1.29, 1.82) is 0 Å². The molecule has 0 aromatic heterocycles. The maximum Gasteiger partial charge on any atom is 0.322 e. The van der Waals surface area contributed by atoms with E-state index in [4.69, 9.17) is 5.73 Å². The summed E-state index contributed by atoms with van der Waals surface area (Å²) in [5, 5.41) is 60.6. The number of aromatic hydroxyl groups is 1. The number of nitro groups is 1. The Morgan fingerprint density at radius 2 is 1.69 bits per heavy atom. The molecule has 0 aliphatic heterocycles. The number of aliphatic hydroxyl groups is 3. The van der Waals surface area contributed by atoms with Gasteiger partial charge in [0, 0.05) is 61.2 Å². The minimum atomic E-state index is -2.78. The molecule has 52 heavy (non-hydrogen) atoms. The van der Waals surface area contributed by atoms with E-state index in [0.29, 0.717) is 16.9 Å². The van der Waals surface area contributed by atoms with Crippen molar-refractivity contribution >= 4 is 46.3 Å². The SMILES string of the molecule is CN(C)c1cc(CN(CC(C)(C)C)C(=O)Nc2ccc([N+](=O)[O-])cc2)c(O)c2c1C[C@H]1C[C@H]3[C@H](N(C)C)C(=O)C(C(N)=O)=C(O)[C@@]3(O)C(=O)C1=C2O. The van der Waals surface area contributed by atoms with E-state index in [0.717, 1.165) is 0 Å². The van der Waals surface area contributed by atoms with Gasteiger partial charge in [0.05, 0.1) is 23.1 Å². The standard InChI is InChI=1S/C36H44N6O10/c1-35(2,3)16-41(34(49)38-19-8-10-20(11-9-19)42(51)52)15-18-14-23(39(4)5)21-12-17-13-22-27(40(6)7)30(45)26(33(37)48)32(47)36(22,50)31(46)24(17)29(44)25(21)28(18)43/h8-11,14,17,22,27,43-44,47,50H,12-13,15-16H2,1-7H3,(H2,37,48)(H,38,49)/t17-,22-,27-,36-/m0/s1. The molecule has 1 fully saturated rings. The number of hydrogen-bond donors (Lipinski definition) is 6. The van der Waals surface area contributed by atoms with Crippen molar-refractivity contribution in [2.24, 2.45) is 23.0 Å². The summed E-state index contributed by atoms with van der Waals surface area (Å²) >= 11 is 0. The molecule has 0 heterocycles. The fraction of sp³-hybridized carbons (Fsp3) is 0.444. The van der Waals surface area contributed by atoms with Crippen molar-refractivity contribution in [3.05, 3.63) is 74.0 Å². The number of aliphatic hydroxyl groups excluding tert-OH is 2. The van der Waals surface area contributed by atoms with Gasteiger partial charge < -0.3 is 41.3 Å². The molecular formula is C36H44N6O10. The summed E-state index contributed by atoms with van der Waals surface area (Å²) in [6, 6.07) is 5.22. The van der Waals surface area contributed by atoms with Crippen LogP contribution < -0.4 is 16.0 Å². The van der Waals surface area contributed by atoms with Crippen molar-refractivity contribution in [3.8, 4) is 5.75 Å². The molecule has 0 unspecified atom stereocenters. The fourth-order valence-corrected chi connectivity index (χ4v) is 7.71. The Balaban J connectivity index is 1.62. The number of fused-ring (bicyclic) bond motifs is 3. The molecular weight excluding hydrogens is 676 g/mol. The summed E-state index contributed by atoms with van der Waals surface area (Å²) in [6.07, 6.45) is 0.0472. The number of nitro benzene ring substituents is 1. The number of phenols is 1. The van der Waals surface area contributed by atoms with Crippen molar-refractivity contribution in [2.75, 3.05) is 45.0 Å². The quantitative estimate of drug-likeness (QED) is 0.131. The lowest BCUT2D eigenvalue weighted by atomic mass is 9.57. The summed E-state index contributed by atoms with van der Waals surface area (Å²) in [6.45, 7) is 5.76. The van der Waals surface area contributed by atoms with E-state index in [-0.39, 0.29) is 48.3 Å². The number of primary amides is 1. The van der Waals surface area contributed by atoms with Crippen LogP contribution in [-0.2, 0) is 27.3 Å². The molecule has 16 heteroatoms. The second kappa shape index (κ2) is 13.2. The number of non-ortho nitro benzene ring substituents is 1. The molecule has 3 amide bonds. The maximum absolute atomic E-state index is 14.3. The van der Waals surface area contributed by atoms with Gasteiger partial charge in [0.15, 0.2) is 11.4 Å². The van der Waals surface area contributed by atoms with Crippen LogP contribution in [-0.4, -0.2) is 105 Å². The monoisotopic (exact) mass is 720 g/mol. The zero-order chi connectivity index (χ0) is 38.8. The van der Waals surface area contributed by atoms with E-state index in [2.05, 4.69) is 5.32 Å². The highest BCUT2D eigenvalue weighted by molar-refractivity contribution is 6.24. The molecule has 3 aliphatic rings. The second-order valence-electron chi connectivity index (χ2n) is 15.3. The number of nitrogens with zero attached hydrogens (tertiary/aromatic N) is 4. The molecule has 2 aromatic rings. The molecule has 16 nitrogen and oxygen atoms in total. The van der Waals surface area contributed by atoms with Gasteiger partial charge in [-0.25, -0.2) is 4.79 Å². The normalized spacial score (nSPS) is 22.8. The predicted octanol–water partition coefficient (Wildman–Crippen LogP) is 3.02. The van der Waals surface area contributed by atoms with Gasteiger partial charge in [-0.15, -0.1) is 0 Å². The Morgan fingerprint density at radius 3 is 2.21 bits per heavy atom. The zero-order valence-electron chi connectivity index (χ0n) is 30.1. The summed E-state index contributed by atoms with van der Waals surface area (Å²) in [5.41, 5.74) is 2.36. The molecule has 2 aromatic carbocycles. The highest BCUT2D eigenvalue weighted by Gasteiger charge is 2.64. The number of rotatable bonds is 8. The molecule has 4 atom stereocenters. The van der Waals surface area contributed by atoms with Crippen LogP contribution in [0.1, 0.15) is 43.9 Å². The third-order valence-electron chi connectivity index (χ3n) is 9.90. The number of carbonyl (C=O) groups excluding carboxylic acids is 4. The van der Waals surface area contributed by atoms with Gasteiger partial charge in [0.25, 0.3) is 11.6 Å². The molecule has 7 N–H and O–H groups in total. The lowest BCUT2D eigenvalue weighted by Crippen LogP contribution is -2.65. The van der Waals surface area contributed by atoms with Crippen LogP contribution >= 0.6 is 0 Å². The summed E-state index contributed by atoms with van der Waals surface area (Å²) in [4.78, 5) is 68.9. The summed E-state index contributed by atoms with van der Waals surface area (Å²) in [5.74, 6) is -7.47. The molecule has 1 saturated carbocycles. The van der Waals surface area contributed by atoms with Gasteiger partial charge in [-0.3, -0.25) is 29.4 Å². The van der Waals surface area contributed by atoms with E-state index in [1.165, 1.54) is 48.2 Å². The molecule has 278 valence electrons. The van der Waals surface area contributed by atoms with Crippen LogP contribution in [0, 0.1) is 27.4 Å². The van der Waals surface area contributed by atoms with Crippen LogP contribution in [0.2, 0.25) is 0 Å². The van der Waals surface area contributed by atoms with E-state index in [1.807, 2.05) is 20.8 Å². The Bertz CT molecular complexity index is 1940. The number of phenolic OH excluding ortho intramolecular Hbond substituents is 1. The second-order valence-corrected chi connectivity index (χ2v) is 15.3. The Morgan fingerprint density at radius 1 is 1.08 bits per heavy atom. The third kappa shape index (κ3) is 6.32. The molecule has 0 radical (unpaired) electrons. The first-order valence-electron chi connectivity index (χ1n) is 16.6. The van der Waals surface area contributed by atoms with E-state index in [9.17, 15) is 49.7 Å². The fourth-order valence-electron chi connectivity index (χ4n) is 7.71. The minimum Gasteiger partial charge on any atom is -0.508 e. The van der Waals surface area contributed by atoms with Crippen molar-refractivity contribution in [2.45, 2.75) is 51.8 Å². The highest BCUT2D eigenvalue weighted by Crippen LogP contribution is 2.54. The number of benzene rings is 2. The number of Topliss-reactive ketones (excluding diaryl/α,β-unsaturated/α-hetero) is 2. The summed E-state index contributed by atoms with van der Waals surface area (Å²) < 4.78 is 0. The Labute approximate surface area is 299 Å². The van der Waals surface area contributed by atoms with Gasteiger partial charge >= 0.3 is 6.03 Å². The number of carbonyl (C=O) groups is 4. The number of likely N-dealkylation sites (N-methyl/N-ethyl adjacent to an activating group) is 1. The molecule has 0 spiro atoms. The predicted molar refractivity (Wildman–Crippen MR) is 191 cm³/mol. The number of nitrogens with one attached hydrogen (secondary N) is 1. The summed E-state index contributed by atoms with van der Waals surface area (Å²) in [7, 11) is 6.57. The van der Waals surface area contributed by atoms with E-state index < -0.39 is 80.2 Å². The molecule has 0 bridgehead atoms. The number of urea groups is 1. The number of ketones is 2. The molecule has 0 saturated heterocycles. The van der Waals surface area contributed by atoms with Gasteiger partial charge in [-0.2, -0.15) is 0 Å². The van der Waals surface area contributed by atoms with Crippen LogP contribution in [0.5, 0.6) is 5.75 Å². The van der Waals surface area contributed by atoms with Gasteiger partial charge in [-0.05, 0) is 62.0 Å². The first-order valence-corrected chi connectivity index (χ1v) is 16.6. The Kier molecular flexibility index (Phi) is 9.62. The molecule has 3 aliphatic carbocycles. The smallest absolute Gasteiger partial charge is 0.322 e. The highest BCUT2D eigenvalue weighted by atomic mass is 16.6. The zero-order valence-corrected chi connectivity index (χ0v) is 30.1. The van der Waals surface area contributed by atoms with Gasteiger partial charge in [0.2, 0.25) is 5.78 Å². The molecule has 5 rings (SSSR count). The lowest BCUT2D eigenvalue weighted by Gasteiger charge is -2.50. The average molecular weight is 721 g/mol. The topological polar surface area (TPSA) is 240 Å². The van der Waals surface area contributed by atoms with Gasteiger partial charge in [-0.1, -0.05) is 20.8 Å². The van der Waals surface area contributed by atoms with Crippen LogP contribution in [0.3, 0.4) is 0 Å². The number of anilines is 2. The number of nitrogens with two attached hydrogens (primary N) is 1. The van der Waals surface area contributed by atoms with E-state index >= 15 is 0 Å². The largest absolute Gasteiger partial charge is 0.508 e. The van der Waals surface area contributed by atoms with Crippen molar-refractivity contribution in [3.63, 3.8) is 0 Å². The van der Waals surface area contributed by atoms with E-state index in [1.54, 1.807) is 25.1 Å². The van der Waals surface area contributed by atoms with Crippen molar-refractivity contribution < 1.29 is 44.5 Å². The van der Waals surface area contributed by atoms with Crippen LogP contribution in [0.4, 0.5) is 21.9 Å². The number of hydrogen-bond acceptors (Lipinski definition) is 12. The maximum atomic E-state index is 14.3. The van der Waals surface area contributed by atoms with Crippen LogP contribution in [0.25, 0.3) is 5.76 Å².